The van der Waals surface area contributed by atoms with Crippen molar-refractivity contribution in [3.8, 4) is 5.75 Å². The fourth-order valence-corrected chi connectivity index (χ4v) is 5.01. The van der Waals surface area contributed by atoms with Gasteiger partial charge in [0.2, 0.25) is 5.72 Å². The summed E-state index contributed by atoms with van der Waals surface area (Å²) in [5.74, 6) is 0.851. The highest BCUT2D eigenvalue weighted by Gasteiger charge is 2.61. The molecule has 3 aromatic carbocycles. The Labute approximate surface area is 160 Å². The molecule has 3 nitrogen and oxygen atoms in total. The van der Waals surface area contributed by atoms with E-state index in [1.165, 1.54) is 22.2 Å². The number of aliphatic imine (C=N–C) groups is 1. The van der Waals surface area contributed by atoms with Gasteiger partial charge in [-0.05, 0) is 50.8 Å². The zero-order valence-electron chi connectivity index (χ0n) is 16.5. The van der Waals surface area contributed by atoms with Crippen molar-refractivity contribution in [3.63, 3.8) is 0 Å². The second kappa shape index (κ2) is 5.13. The molecule has 3 aromatic rings. The fraction of sp³-hybridized carbons (Fsp3) is 0.292. The molecule has 0 N–H and O–H groups in total. The predicted octanol–water partition coefficient (Wildman–Crippen LogP) is 5.76. The van der Waals surface area contributed by atoms with Gasteiger partial charge in [0.1, 0.15) is 11.4 Å². The van der Waals surface area contributed by atoms with Crippen LogP contribution in [0.3, 0.4) is 0 Å². The van der Waals surface area contributed by atoms with E-state index in [1.807, 2.05) is 0 Å². The maximum atomic E-state index is 6.85. The minimum atomic E-state index is -0.626. The Balaban J connectivity index is 1.76. The quantitative estimate of drug-likeness (QED) is 0.512. The summed E-state index contributed by atoms with van der Waals surface area (Å²) in [7, 11) is 2.12. The molecule has 136 valence electrons. The third-order valence-electron chi connectivity index (χ3n) is 6.40. The van der Waals surface area contributed by atoms with Crippen molar-refractivity contribution >= 4 is 27.9 Å². The van der Waals surface area contributed by atoms with Crippen molar-refractivity contribution < 1.29 is 4.74 Å². The molecule has 2 heterocycles. The largest absolute Gasteiger partial charge is 0.459 e. The third kappa shape index (κ3) is 1.89. The molecule has 2 aliphatic heterocycles. The van der Waals surface area contributed by atoms with Crippen molar-refractivity contribution in [2.75, 3.05) is 11.9 Å². The molecule has 27 heavy (non-hydrogen) atoms. The maximum absolute atomic E-state index is 6.85. The lowest BCUT2D eigenvalue weighted by molar-refractivity contribution is 0.0769. The number of aryl methyl sites for hydroxylation is 1. The number of ether oxygens (including phenoxy) is 1. The van der Waals surface area contributed by atoms with Crippen molar-refractivity contribution in [2.24, 2.45) is 4.99 Å². The molecular formula is C24H24N2O. The zero-order valence-corrected chi connectivity index (χ0v) is 16.5. The minimum Gasteiger partial charge on any atom is -0.459 e. The molecule has 0 saturated heterocycles. The second-order valence-electron chi connectivity index (χ2n) is 8.28. The molecule has 0 aliphatic carbocycles. The monoisotopic (exact) mass is 356 g/mol. The number of hydrogen-bond acceptors (Lipinski definition) is 3. The molecule has 3 heteroatoms. The van der Waals surface area contributed by atoms with E-state index < -0.39 is 5.72 Å². The molecule has 2 aliphatic rings. The van der Waals surface area contributed by atoms with Gasteiger partial charge >= 0.3 is 0 Å². The summed E-state index contributed by atoms with van der Waals surface area (Å²) in [4.78, 5) is 7.37. The highest BCUT2D eigenvalue weighted by molar-refractivity contribution is 6.06. The molecule has 0 saturated carbocycles. The predicted molar refractivity (Wildman–Crippen MR) is 113 cm³/mol. The molecular weight excluding hydrogens is 332 g/mol. The molecule has 1 atom stereocenters. The van der Waals surface area contributed by atoms with Gasteiger partial charge in [-0.3, -0.25) is 0 Å². The summed E-state index contributed by atoms with van der Waals surface area (Å²) in [5.41, 5.74) is 4.86. The third-order valence-corrected chi connectivity index (χ3v) is 6.40. The van der Waals surface area contributed by atoms with Gasteiger partial charge in [-0.1, -0.05) is 48.0 Å². The first-order valence-electron chi connectivity index (χ1n) is 9.48. The van der Waals surface area contributed by atoms with Crippen LogP contribution in [-0.2, 0) is 5.41 Å². The van der Waals surface area contributed by atoms with Gasteiger partial charge in [0.25, 0.3) is 0 Å². The van der Waals surface area contributed by atoms with E-state index in [-0.39, 0.29) is 5.41 Å². The number of anilines is 1. The average molecular weight is 356 g/mol. The topological polar surface area (TPSA) is 24.8 Å². The molecule has 0 fully saturated rings. The van der Waals surface area contributed by atoms with E-state index in [1.54, 1.807) is 0 Å². The second-order valence-corrected chi connectivity index (χ2v) is 8.28. The van der Waals surface area contributed by atoms with E-state index in [4.69, 9.17) is 9.73 Å². The van der Waals surface area contributed by atoms with E-state index in [2.05, 4.69) is 94.2 Å². The molecule has 0 aromatic heterocycles. The first-order chi connectivity index (χ1) is 12.9. The summed E-state index contributed by atoms with van der Waals surface area (Å²) < 4.78 is 6.85. The highest BCUT2D eigenvalue weighted by atomic mass is 16.5. The molecule has 0 radical (unpaired) electrons. The lowest BCUT2D eigenvalue weighted by atomic mass is 9.74. The van der Waals surface area contributed by atoms with Gasteiger partial charge < -0.3 is 9.64 Å². The Bertz CT molecular complexity index is 1130. The summed E-state index contributed by atoms with van der Waals surface area (Å²) >= 11 is 0. The molecule has 0 amide bonds. The van der Waals surface area contributed by atoms with Crippen molar-refractivity contribution in [3.05, 3.63) is 65.7 Å². The van der Waals surface area contributed by atoms with Crippen LogP contribution >= 0.6 is 0 Å². The van der Waals surface area contributed by atoms with Crippen LogP contribution in [0.4, 0.5) is 11.4 Å². The van der Waals surface area contributed by atoms with Crippen LogP contribution in [0.5, 0.6) is 5.75 Å². The van der Waals surface area contributed by atoms with Gasteiger partial charge in [-0.15, -0.1) is 0 Å². The fourth-order valence-electron chi connectivity index (χ4n) is 5.01. The van der Waals surface area contributed by atoms with Gasteiger partial charge in [0.15, 0.2) is 0 Å². The Hall–Kier alpha value is -2.81. The SMILES string of the molecule is CC1=Nc2c(ccc3ccccc23)OC12N(C)c1ccc(C)cc1C2(C)C. The smallest absolute Gasteiger partial charge is 0.231 e. The molecule has 0 bridgehead atoms. The Morgan fingerprint density at radius 3 is 2.56 bits per heavy atom. The van der Waals surface area contributed by atoms with Gasteiger partial charge in [0, 0.05) is 18.1 Å². The number of fused-ring (bicyclic) bond motifs is 4. The number of benzene rings is 3. The first-order valence-corrected chi connectivity index (χ1v) is 9.48. The van der Waals surface area contributed by atoms with E-state index in [9.17, 15) is 0 Å². The number of rotatable bonds is 0. The molecule has 5 rings (SSSR count). The van der Waals surface area contributed by atoms with Crippen molar-refractivity contribution in [1.82, 2.24) is 0 Å². The first kappa shape index (κ1) is 16.4. The van der Waals surface area contributed by atoms with Gasteiger partial charge in [0.05, 0.1) is 11.1 Å². The van der Waals surface area contributed by atoms with E-state index in [0.717, 1.165) is 22.5 Å². The summed E-state index contributed by atoms with van der Waals surface area (Å²) in [6.45, 7) is 8.77. The van der Waals surface area contributed by atoms with Crippen LogP contribution in [0.2, 0.25) is 0 Å². The maximum Gasteiger partial charge on any atom is 0.231 e. The standard InChI is InChI=1S/C24H24N2O/c1-15-10-12-20-19(14-15)23(3,4)24(26(20)5)16(2)25-22-18-9-7-6-8-17(18)11-13-21(22)27-24/h6-14H,1-5H3. The van der Waals surface area contributed by atoms with Gasteiger partial charge in [-0.2, -0.15) is 0 Å². The number of hydrogen-bond donors (Lipinski definition) is 0. The van der Waals surface area contributed by atoms with Crippen molar-refractivity contribution in [2.45, 2.75) is 38.8 Å². The highest BCUT2D eigenvalue weighted by Crippen LogP contribution is 2.55. The summed E-state index contributed by atoms with van der Waals surface area (Å²) in [6, 6.07) is 19.2. The number of likely N-dealkylation sites (N-methyl/N-ethyl adjacent to an activating group) is 1. The summed E-state index contributed by atoms with van der Waals surface area (Å²) in [6.07, 6.45) is 0. The Kier molecular flexibility index (Phi) is 3.11. The van der Waals surface area contributed by atoms with Crippen LogP contribution in [-0.4, -0.2) is 18.5 Å². The molecule has 1 spiro atoms. The summed E-state index contributed by atoms with van der Waals surface area (Å²) in [5, 5.41) is 2.32. The van der Waals surface area contributed by atoms with Gasteiger partial charge in [-0.25, -0.2) is 4.99 Å². The zero-order chi connectivity index (χ0) is 19.0. The molecule has 1 unspecified atom stereocenters. The van der Waals surface area contributed by atoms with Crippen LogP contribution in [0.25, 0.3) is 10.8 Å². The van der Waals surface area contributed by atoms with E-state index in [0.29, 0.717) is 0 Å². The lowest BCUT2D eigenvalue weighted by Gasteiger charge is -2.47. The van der Waals surface area contributed by atoms with Crippen LogP contribution in [0.15, 0.2) is 59.6 Å². The van der Waals surface area contributed by atoms with Crippen LogP contribution in [0.1, 0.15) is 31.9 Å². The Morgan fingerprint density at radius 1 is 0.963 bits per heavy atom. The van der Waals surface area contributed by atoms with Crippen LogP contribution in [0, 0.1) is 6.92 Å². The average Bonchev–Trinajstić information content (AvgIpc) is 2.81. The number of nitrogens with zero attached hydrogens (tertiary/aromatic N) is 2. The van der Waals surface area contributed by atoms with Crippen molar-refractivity contribution in [1.29, 1.82) is 0 Å². The minimum absolute atomic E-state index is 0.236. The Morgan fingerprint density at radius 2 is 1.74 bits per heavy atom. The van der Waals surface area contributed by atoms with E-state index >= 15 is 0 Å². The lowest BCUT2D eigenvalue weighted by Crippen LogP contribution is -2.64. The van der Waals surface area contributed by atoms with Crippen LogP contribution < -0.4 is 9.64 Å². The normalized spacial score (nSPS) is 22.4.